The first kappa shape index (κ1) is 18.3. The number of hydrogen-bond acceptors (Lipinski definition) is 3. The predicted octanol–water partition coefficient (Wildman–Crippen LogP) is 4.44. The highest BCUT2D eigenvalue weighted by atomic mass is 14.9. The third-order valence-electron chi connectivity index (χ3n) is 4.21. The molecule has 22 heavy (non-hydrogen) atoms. The highest BCUT2D eigenvalue weighted by Crippen LogP contribution is 2.35. The fourth-order valence-corrected chi connectivity index (χ4v) is 3.36. The van der Waals surface area contributed by atoms with Gasteiger partial charge in [0, 0.05) is 29.2 Å². The van der Waals surface area contributed by atoms with Gasteiger partial charge in [-0.2, -0.15) is 0 Å². The Morgan fingerprint density at radius 2 is 1.86 bits per heavy atom. The normalized spacial score (nSPS) is 18.6. The van der Waals surface area contributed by atoms with Gasteiger partial charge in [-0.15, -0.1) is 0 Å². The topological polar surface area (TPSA) is 61.9 Å². The number of hydrogen-bond donors (Lipinski definition) is 3. The second-order valence-electron chi connectivity index (χ2n) is 6.10. The molecule has 0 saturated heterocycles. The Kier molecular flexibility index (Phi) is 7.16. The van der Waals surface area contributed by atoms with Crippen LogP contribution in [0.15, 0.2) is 46.8 Å². The van der Waals surface area contributed by atoms with Gasteiger partial charge in [-0.3, -0.25) is 0 Å². The fraction of sp³-hybridized carbons (Fsp3) is 0.526. The highest BCUT2D eigenvalue weighted by Gasteiger charge is 2.23. The van der Waals surface area contributed by atoms with E-state index in [0.29, 0.717) is 11.6 Å². The molecular formula is C19H31N3. The molecule has 0 bridgehead atoms. The van der Waals surface area contributed by atoms with Crippen LogP contribution < -0.4 is 11.1 Å². The number of likely N-dealkylation sites (N-methyl/N-ethyl adjacent to an activating group) is 1. The summed E-state index contributed by atoms with van der Waals surface area (Å²) in [5.74, 6) is 0.512. The third kappa shape index (κ3) is 4.62. The number of nitrogens with two attached hydrogens (primary N) is 1. The lowest BCUT2D eigenvalue weighted by Crippen LogP contribution is -2.16. The molecule has 0 aromatic heterocycles. The molecule has 0 unspecified atom stereocenters. The van der Waals surface area contributed by atoms with Gasteiger partial charge >= 0.3 is 0 Å². The van der Waals surface area contributed by atoms with Gasteiger partial charge in [0.15, 0.2) is 0 Å². The Bertz CT molecular complexity index is 511. The van der Waals surface area contributed by atoms with Crippen LogP contribution in [0, 0.1) is 11.3 Å². The van der Waals surface area contributed by atoms with E-state index in [2.05, 4.69) is 25.7 Å². The maximum absolute atomic E-state index is 8.22. The van der Waals surface area contributed by atoms with Crippen molar-refractivity contribution < 1.29 is 0 Å². The molecule has 1 aliphatic rings. The van der Waals surface area contributed by atoms with Gasteiger partial charge < -0.3 is 16.5 Å². The lowest BCUT2D eigenvalue weighted by atomic mass is 9.86. The van der Waals surface area contributed by atoms with Crippen molar-refractivity contribution in [3.05, 3.63) is 46.8 Å². The zero-order valence-corrected chi connectivity index (χ0v) is 14.6. The van der Waals surface area contributed by atoms with Gasteiger partial charge in [0.25, 0.3) is 0 Å². The first-order chi connectivity index (χ1) is 10.4. The van der Waals surface area contributed by atoms with E-state index in [0.717, 1.165) is 29.1 Å². The van der Waals surface area contributed by atoms with Crippen molar-refractivity contribution in [1.29, 1.82) is 5.41 Å². The van der Waals surface area contributed by atoms with E-state index in [4.69, 9.17) is 11.1 Å². The number of allylic oxidation sites excluding steroid dienone is 6. The van der Waals surface area contributed by atoms with Crippen molar-refractivity contribution in [3.8, 4) is 0 Å². The molecule has 1 fully saturated rings. The molecule has 0 amide bonds. The average Bonchev–Trinajstić information content (AvgIpc) is 2.92. The Morgan fingerprint density at radius 3 is 2.27 bits per heavy atom. The largest absolute Gasteiger partial charge is 0.402 e. The van der Waals surface area contributed by atoms with Crippen LogP contribution in [0.5, 0.6) is 0 Å². The van der Waals surface area contributed by atoms with Gasteiger partial charge in [-0.1, -0.05) is 25.5 Å². The fourth-order valence-electron chi connectivity index (χ4n) is 3.36. The molecule has 0 spiro atoms. The second kappa shape index (κ2) is 8.62. The molecular weight excluding hydrogens is 270 g/mol. The van der Waals surface area contributed by atoms with Crippen molar-refractivity contribution in [2.75, 3.05) is 6.54 Å². The zero-order chi connectivity index (χ0) is 16.7. The Hall–Kier alpha value is -1.77. The molecule has 0 atom stereocenters. The van der Waals surface area contributed by atoms with Crippen LogP contribution in [0.3, 0.4) is 0 Å². The van der Waals surface area contributed by atoms with Crippen LogP contribution in [0.25, 0.3) is 0 Å². The summed E-state index contributed by atoms with van der Waals surface area (Å²) < 4.78 is 0. The molecule has 1 rings (SSSR count). The minimum atomic E-state index is 0.512. The molecule has 0 radical (unpaired) electrons. The Balaban J connectivity index is 3.44. The van der Waals surface area contributed by atoms with E-state index >= 15 is 0 Å². The number of nitrogens with one attached hydrogen (secondary N) is 2. The van der Waals surface area contributed by atoms with E-state index in [-0.39, 0.29) is 0 Å². The lowest BCUT2D eigenvalue weighted by Gasteiger charge is -2.20. The monoisotopic (exact) mass is 301 g/mol. The summed E-state index contributed by atoms with van der Waals surface area (Å²) in [6.07, 6.45) is 8.75. The van der Waals surface area contributed by atoms with Gasteiger partial charge in [-0.05, 0) is 63.7 Å². The van der Waals surface area contributed by atoms with E-state index in [1.165, 1.54) is 31.3 Å². The van der Waals surface area contributed by atoms with Crippen LogP contribution in [0.4, 0.5) is 0 Å². The summed E-state index contributed by atoms with van der Waals surface area (Å²) in [4.78, 5) is 0. The second-order valence-corrected chi connectivity index (χ2v) is 6.10. The van der Waals surface area contributed by atoms with Crippen LogP contribution in [0.2, 0.25) is 0 Å². The Morgan fingerprint density at radius 1 is 1.27 bits per heavy atom. The molecule has 0 aromatic carbocycles. The zero-order valence-electron chi connectivity index (χ0n) is 14.6. The summed E-state index contributed by atoms with van der Waals surface area (Å²) in [7, 11) is 0. The molecule has 122 valence electrons. The molecule has 0 aromatic rings. The SMILES string of the molecule is C=CC(=C(\C=C(/C)N)NCC)/C(C)=C(/C(C)=N)C1CCCC1. The summed E-state index contributed by atoms with van der Waals surface area (Å²) in [5.41, 5.74) is 11.7. The minimum Gasteiger partial charge on any atom is -0.402 e. The maximum atomic E-state index is 8.22. The van der Waals surface area contributed by atoms with Crippen LogP contribution in [-0.4, -0.2) is 12.3 Å². The summed E-state index contributed by atoms with van der Waals surface area (Å²) in [6.45, 7) is 12.8. The smallest absolute Gasteiger partial charge is 0.0433 e. The van der Waals surface area contributed by atoms with Crippen molar-refractivity contribution in [2.24, 2.45) is 11.7 Å². The van der Waals surface area contributed by atoms with Crippen molar-refractivity contribution in [1.82, 2.24) is 5.32 Å². The first-order valence-electron chi connectivity index (χ1n) is 8.23. The maximum Gasteiger partial charge on any atom is 0.0433 e. The highest BCUT2D eigenvalue weighted by molar-refractivity contribution is 5.97. The van der Waals surface area contributed by atoms with E-state index < -0.39 is 0 Å². The molecule has 0 aliphatic heterocycles. The van der Waals surface area contributed by atoms with Crippen LogP contribution >= 0.6 is 0 Å². The molecule has 4 N–H and O–H groups in total. The molecule has 3 nitrogen and oxygen atoms in total. The quantitative estimate of drug-likeness (QED) is 0.480. The van der Waals surface area contributed by atoms with Crippen molar-refractivity contribution >= 4 is 5.71 Å². The predicted molar refractivity (Wildman–Crippen MR) is 96.9 cm³/mol. The molecule has 0 heterocycles. The van der Waals surface area contributed by atoms with E-state index in [1.807, 2.05) is 26.0 Å². The third-order valence-corrected chi connectivity index (χ3v) is 4.21. The van der Waals surface area contributed by atoms with Crippen LogP contribution in [0.1, 0.15) is 53.4 Å². The average molecular weight is 301 g/mol. The van der Waals surface area contributed by atoms with Crippen molar-refractivity contribution in [2.45, 2.75) is 53.4 Å². The van der Waals surface area contributed by atoms with Crippen LogP contribution in [-0.2, 0) is 0 Å². The van der Waals surface area contributed by atoms with E-state index in [1.54, 1.807) is 0 Å². The number of rotatable bonds is 7. The lowest BCUT2D eigenvalue weighted by molar-refractivity contribution is 0.658. The molecule has 3 heteroatoms. The Labute approximate surface area is 135 Å². The van der Waals surface area contributed by atoms with Gasteiger partial charge in [0.2, 0.25) is 0 Å². The van der Waals surface area contributed by atoms with Gasteiger partial charge in [-0.25, -0.2) is 0 Å². The summed E-state index contributed by atoms with van der Waals surface area (Å²) in [5, 5.41) is 11.6. The standard InChI is InChI=1S/C19H31N3/c1-6-17(18(22-7-2)12-13(3)20)14(4)19(15(5)21)16-10-8-9-11-16/h6,12,16,21-22H,1,7-11,20H2,2-5H3/b13-12+,18-17-,19-14-,21-15?. The summed E-state index contributed by atoms with van der Waals surface area (Å²) in [6, 6.07) is 0. The molecule has 1 aliphatic carbocycles. The molecule has 1 saturated carbocycles. The van der Waals surface area contributed by atoms with Gasteiger partial charge in [0.1, 0.15) is 0 Å². The minimum absolute atomic E-state index is 0.512. The first-order valence-corrected chi connectivity index (χ1v) is 8.23. The summed E-state index contributed by atoms with van der Waals surface area (Å²) >= 11 is 0. The van der Waals surface area contributed by atoms with Gasteiger partial charge in [0.05, 0.1) is 0 Å². The van der Waals surface area contributed by atoms with E-state index in [9.17, 15) is 0 Å². The van der Waals surface area contributed by atoms with Crippen molar-refractivity contribution in [3.63, 3.8) is 0 Å².